The Bertz CT molecular complexity index is 389. The molecular formula is C16H24ClN. The number of nitrogens with one attached hydrogen (secondary N) is 1. The summed E-state index contributed by atoms with van der Waals surface area (Å²) in [6, 6.07) is 7.07. The van der Waals surface area contributed by atoms with Gasteiger partial charge in [-0.3, -0.25) is 0 Å². The van der Waals surface area contributed by atoms with Crippen LogP contribution in [-0.4, -0.2) is 6.04 Å². The zero-order valence-corrected chi connectivity index (χ0v) is 12.3. The molecule has 1 saturated carbocycles. The molecule has 0 saturated heterocycles. The summed E-state index contributed by atoms with van der Waals surface area (Å²) in [7, 11) is 0. The third kappa shape index (κ3) is 3.73. The van der Waals surface area contributed by atoms with Gasteiger partial charge < -0.3 is 5.32 Å². The largest absolute Gasteiger partial charge is 0.310 e. The van der Waals surface area contributed by atoms with Crippen molar-refractivity contribution in [2.75, 3.05) is 0 Å². The van der Waals surface area contributed by atoms with Crippen molar-refractivity contribution >= 4 is 11.6 Å². The fourth-order valence-electron chi connectivity index (χ4n) is 2.86. The van der Waals surface area contributed by atoms with E-state index in [2.05, 4.69) is 30.4 Å². The molecule has 1 aromatic carbocycles. The van der Waals surface area contributed by atoms with Gasteiger partial charge in [0.1, 0.15) is 0 Å². The van der Waals surface area contributed by atoms with E-state index < -0.39 is 0 Å². The molecule has 18 heavy (non-hydrogen) atoms. The molecule has 2 heteroatoms. The highest BCUT2D eigenvalue weighted by Gasteiger charge is 2.19. The predicted molar refractivity (Wildman–Crippen MR) is 79.1 cm³/mol. The highest BCUT2D eigenvalue weighted by molar-refractivity contribution is 6.31. The minimum absolute atomic E-state index is 0.698. The van der Waals surface area contributed by atoms with Crippen molar-refractivity contribution in [2.45, 2.75) is 58.5 Å². The lowest BCUT2D eigenvalue weighted by atomic mass is 9.84. The summed E-state index contributed by atoms with van der Waals surface area (Å²) in [5, 5.41) is 4.57. The Hall–Kier alpha value is -0.530. The monoisotopic (exact) mass is 265 g/mol. The first-order chi connectivity index (χ1) is 8.69. The van der Waals surface area contributed by atoms with Gasteiger partial charge in [0.2, 0.25) is 0 Å². The standard InChI is InChI=1S/C16H24ClN/c1-3-13-5-4-6-15(9-13)18-11-14-8-7-12(2)16(17)10-14/h7-8,10,13,15,18H,3-6,9,11H2,1-2H3. The fourth-order valence-corrected chi connectivity index (χ4v) is 3.06. The van der Waals surface area contributed by atoms with Crippen molar-refractivity contribution < 1.29 is 0 Å². The highest BCUT2D eigenvalue weighted by Crippen LogP contribution is 2.26. The maximum absolute atomic E-state index is 6.15. The van der Waals surface area contributed by atoms with Crippen LogP contribution in [0.25, 0.3) is 0 Å². The van der Waals surface area contributed by atoms with Crippen LogP contribution in [0.1, 0.15) is 50.2 Å². The minimum Gasteiger partial charge on any atom is -0.310 e. The first kappa shape index (κ1) is 13.9. The third-order valence-corrected chi connectivity index (χ3v) is 4.60. The van der Waals surface area contributed by atoms with Crippen LogP contribution < -0.4 is 5.32 Å². The van der Waals surface area contributed by atoms with E-state index in [1.165, 1.54) is 37.7 Å². The van der Waals surface area contributed by atoms with E-state index in [9.17, 15) is 0 Å². The number of hydrogen-bond acceptors (Lipinski definition) is 1. The molecular weight excluding hydrogens is 242 g/mol. The molecule has 1 aliphatic rings. The number of benzene rings is 1. The van der Waals surface area contributed by atoms with Crippen LogP contribution in [0.2, 0.25) is 5.02 Å². The van der Waals surface area contributed by atoms with Crippen LogP contribution in [0.4, 0.5) is 0 Å². The molecule has 1 fully saturated rings. The van der Waals surface area contributed by atoms with E-state index in [1.54, 1.807) is 0 Å². The van der Waals surface area contributed by atoms with Crippen LogP contribution >= 0.6 is 11.6 Å². The number of halogens is 1. The topological polar surface area (TPSA) is 12.0 Å². The summed E-state index contributed by atoms with van der Waals surface area (Å²) in [5.74, 6) is 0.929. The molecule has 1 nitrogen and oxygen atoms in total. The van der Waals surface area contributed by atoms with Gasteiger partial charge in [0.05, 0.1) is 0 Å². The van der Waals surface area contributed by atoms with Gasteiger partial charge in [-0.15, -0.1) is 0 Å². The summed E-state index contributed by atoms with van der Waals surface area (Å²) >= 11 is 6.15. The van der Waals surface area contributed by atoms with Gasteiger partial charge in [-0.05, 0) is 42.9 Å². The molecule has 0 amide bonds. The molecule has 1 aromatic rings. The average Bonchev–Trinajstić information content (AvgIpc) is 2.40. The maximum Gasteiger partial charge on any atom is 0.0438 e. The fraction of sp³-hybridized carbons (Fsp3) is 0.625. The van der Waals surface area contributed by atoms with E-state index >= 15 is 0 Å². The van der Waals surface area contributed by atoms with Crippen molar-refractivity contribution in [2.24, 2.45) is 5.92 Å². The second-order valence-corrected chi connectivity index (χ2v) is 6.01. The van der Waals surface area contributed by atoms with Gasteiger partial charge in [0, 0.05) is 17.6 Å². The molecule has 0 radical (unpaired) electrons. The van der Waals surface area contributed by atoms with Crippen LogP contribution in [0.15, 0.2) is 18.2 Å². The van der Waals surface area contributed by atoms with E-state index in [1.807, 2.05) is 6.92 Å². The van der Waals surface area contributed by atoms with Crippen molar-refractivity contribution in [3.63, 3.8) is 0 Å². The van der Waals surface area contributed by atoms with Gasteiger partial charge in [-0.25, -0.2) is 0 Å². The van der Waals surface area contributed by atoms with Gasteiger partial charge >= 0.3 is 0 Å². The molecule has 0 bridgehead atoms. The Morgan fingerprint density at radius 2 is 2.17 bits per heavy atom. The van der Waals surface area contributed by atoms with Crippen LogP contribution in [0, 0.1) is 12.8 Å². The van der Waals surface area contributed by atoms with Crippen molar-refractivity contribution in [3.05, 3.63) is 34.3 Å². The molecule has 2 unspecified atom stereocenters. The Kier molecular flexibility index (Phi) is 5.08. The first-order valence-electron chi connectivity index (χ1n) is 7.17. The lowest BCUT2D eigenvalue weighted by Crippen LogP contribution is -2.33. The lowest BCUT2D eigenvalue weighted by Gasteiger charge is -2.29. The number of hydrogen-bond donors (Lipinski definition) is 1. The molecule has 0 spiro atoms. The molecule has 0 aromatic heterocycles. The summed E-state index contributed by atoms with van der Waals surface area (Å²) < 4.78 is 0. The SMILES string of the molecule is CCC1CCCC(NCc2ccc(C)c(Cl)c2)C1. The predicted octanol–water partition coefficient (Wildman–Crippen LogP) is 4.71. The van der Waals surface area contributed by atoms with Crippen LogP contribution in [0.5, 0.6) is 0 Å². The molecule has 0 heterocycles. The van der Waals surface area contributed by atoms with E-state index in [0.29, 0.717) is 6.04 Å². The molecule has 100 valence electrons. The second-order valence-electron chi connectivity index (χ2n) is 5.60. The van der Waals surface area contributed by atoms with Crippen molar-refractivity contribution in [1.29, 1.82) is 0 Å². The summed E-state index contributed by atoms with van der Waals surface area (Å²) in [6.07, 6.45) is 6.80. The van der Waals surface area contributed by atoms with Gasteiger partial charge in [-0.1, -0.05) is 49.9 Å². The Labute approximate surface area is 116 Å². The van der Waals surface area contributed by atoms with Crippen molar-refractivity contribution in [3.8, 4) is 0 Å². The van der Waals surface area contributed by atoms with Gasteiger partial charge in [-0.2, -0.15) is 0 Å². The van der Waals surface area contributed by atoms with Crippen LogP contribution in [0.3, 0.4) is 0 Å². The quantitative estimate of drug-likeness (QED) is 0.832. The van der Waals surface area contributed by atoms with E-state index in [4.69, 9.17) is 11.6 Å². The smallest absolute Gasteiger partial charge is 0.0438 e. The summed E-state index contributed by atoms with van der Waals surface area (Å²) in [5.41, 5.74) is 2.45. The third-order valence-electron chi connectivity index (χ3n) is 4.19. The second kappa shape index (κ2) is 6.58. The summed E-state index contributed by atoms with van der Waals surface area (Å²) in [6.45, 7) is 5.31. The first-order valence-corrected chi connectivity index (χ1v) is 7.55. The average molecular weight is 266 g/mol. The lowest BCUT2D eigenvalue weighted by molar-refractivity contribution is 0.278. The molecule has 2 rings (SSSR count). The van der Waals surface area contributed by atoms with Crippen molar-refractivity contribution in [1.82, 2.24) is 5.32 Å². The van der Waals surface area contributed by atoms with E-state index in [-0.39, 0.29) is 0 Å². The molecule has 2 atom stereocenters. The minimum atomic E-state index is 0.698. The Balaban J connectivity index is 1.85. The molecule has 1 N–H and O–H groups in total. The normalized spacial score (nSPS) is 24.2. The van der Waals surface area contributed by atoms with Gasteiger partial charge in [0.25, 0.3) is 0 Å². The zero-order chi connectivity index (χ0) is 13.0. The maximum atomic E-state index is 6.15. The number of rotatable bonds is 4. The molecule has 0 aliphatic heterocycles. The van der Waals surface area contributed by atoms with Crippen LogP contribution in [-0.2, 0) is 6.54 Å². The Morgan fingerprint density at radius 3 is 2.89 bits per heavy atom. The summed E-state index contributed by atoms with van der Waals surface area (Å²) in [4.78, 5) is 0. The van der Waals surface area contributed by atoms with E-state index in [0.717, 1.165) is 23.0 Å². The Morgan fingerprint density at radius 1 is 1.33 bits per heavy atom. The van der Waals surface area contributed by atoms with Gasteiger partial charge in [0.15, 0.2) is 0 Å². The zero-order valence-electron chi connectivity index (χ0n) is 11.5. The number of aryl methyl sites for hydroxylation is 1. The highest BCUT2D eigenvalue weighted by atomic mass is 35.5. The molecule has 1 aliphatic carbocycles.